The van der Waals surface area contributed by atoms with E-state index in [-0.39, 0.29) is 24.2 Å². The number of benzene rings is 3. The molecule has 1 unspecified atom stereocenters. The van der Waals surface area contributed by atoms with Gasteiger partial charge in [0.15, 0.2) is 6.61 Å². The highest BCUT2D eigenvalue weighted by atomic mass is 79.9. The Morgan fingerprint density at radius 2 is 1.77 bits per heavy atom. The summed E-state index contributed by atoms with van der Waals surface area (Å²) in [7, 11) is 0. The fraction of sp³-hybridized carbons (Fsp3) is 0.125. The lowest BCUT2D eigenvalue weighted by Crippen LogP contribution is -2.32. The van der Waals surface area contributed by atoms with Gasteiger partial charge in [0.2, 0.25) is 0 Å². The minimum atomic E-state index is -0.345. The zero-order chi connectivity index (χ0) is 20.9. The van der Waals surface area contributed by atoms with Crippen LogP contribution in [0, 0.1) is 5.82 Å². The molecular formula is C24H20BrFN2O2. The van der Waals surface area contributed by atoms with E-state index in [0.717, 1.165) is 26.5 Å². The Hall–Kier alpha value is -3.12. The van der Waals surface area contributed by atoms with Gasteiger partial charge in [0.1, 0.15) is 11.6 Å². The zero-order valence-electron chi connectivity index (χ0n) is 16.1. The minimum absolute atomic E-state index is 0.0241. The molecule has 4 rings (SSSR count). The summed E-state index contributed by atoms with van der Waals surface area (Å²) < 4.78 is 19.4. The van der Waals surface area contributed by atoms with E-state index in [1.54, 1.807) is 0 Å². The molecule has 1 heterocycles. The Morgan fingerprint density at radius 3 is 2.53 bits per heavy atom. The number of hydrogen-bond donors (Lipinski definition) is 2. The molecule has 1 atom stereocenters. The molecule has 4 nitrogen and oxygen atoms in total. The van der Waals surface area contributed by atoms with Crippen LogP contribution in [0.4, 0.5) is 4.39 Å². The van der Waals surface area contributed by atoms with Crippen molar-refractivity contribution in [3.63, 3.8) is 0 Å². The highest BCUT2D eigenvalue weighted by Gasteiger charge is 2.19. The molecule has 0 radical (unpaired) electrons. The van der Waals surface area contributed by atoms with Crippen molar-refractivity contribution in [1.29, 1.82) is 0 Å². The number of H-pyrrole nitrogens is 1. The molecule has 0 spiro atoms. The van der Waals surface area contributed by atoms with Crippen molar-refractivity contribution in [2.45, 2.75) is 5.92 Å². The molecule has 6 heteroatoms. The number of ether oxygens (including phenoxy) is 1. The lowest BCUT2D eigenvalue weighted by Gasteiger charge is -2.18. The largest absolute Gasteiger partial charge is 0.484 e. The van der Waals surface area contributed by atoms with Crippen LogP contribution in [0.5, 0.6) is 5.75 Å². The maximum atomic E-state index is 13.0. The Bertz CT molecular complexity index is 1140. The van der Waals surface area contributed by atoms with Gasteiger partial charge in [0, 0.05) is 34.0 Å². The van der Waals surface area contributed by atoms with Crippen molar-refractivity contribution in [3.05, 3.63) is 100 Å². The van der Waals surface area contributed by atoms with E-state index >= 15 is 0 Å². The molecule has 0 saturated heterocycles. The van der Waals surface area contributed by atoms with Crippen molar-refractivity contribution in [1.82, 2.24) is 10.3 Å². The van der Waals surface area contributed by atoms with Crippen molar-refractivity contribution in [3.8, 4) is 5.75 Å². The molecule has 4 aromatic rings. The van der Waals surface area contributed by atoms with Gasteiger partial charge in [-0.05, 0) is 53.6 Å². The summed E-state index contributed by atoms with van der Waals surface area (Å²) in [5.41, 5.74) is 3.27. The van der Waals surface area contributed by atoms with E-state index in [9.17, 15) is 9.18 Å². The molecule has 0 bridgehead atoms. The lowest BCUT2D eigenvalue weighted by atomic mass is 9.91. The number of para-hydroxylation sites is 1. The third-order valence-corrected chi connectivity index (χ3v) is 5.48. The van der Waals surface area contributed by atoms with E-state index in [2.05, 4.69) is 44.4 Å². The van der Waals surface area contributed by atoms with Gasteiger partial charge < -0.3 is 15.0 Å². The summed E-state index contributed by atoms with van der Waals surface area (Å²) in [6.45, 7) is 0.293. The molecule has 3 aromatic carbocycles. The van der Waals surface area contributed by atoms with Crippen molar-refractivity contribution < 1.29 is 13.9 Å². The first-order chi connectivity index (χ1) is 14.6. The van der Waals surface area contributed by atoms with Crippen LogP contribution in [0.15, 0.2) is 83.5 Å². The lowest BCUT2D eigenvalue weighted by molar-refractivity contribution is -0.123. The quantitative estimate of drug-likeness (QED) is 0.383. The molecule has 1 amide bonds. The van der Waals surface area contributed by atoms with Crippen LogP contribution in [-0.4, -0.2) is 24.0 Å². The van der Waals surface area contributed by atoms with E-state index in [4.69, 9.17) is 4.74 Å². The fourth-order valence-electron chi connectivity index (χ4n) is 3.43. The highest BCUT2D eigenvalue weighted by Crippen LogP contribution is 2.31. The van der Waals surface area contributed by atoms with Gasteiger partial charge in [-0.15, -0.1) is 0 Å². The normalized spacial score (nSPS) is 11.9. The van der Waals surface area contributed by atoms with Gasteiger partial charge in [0.25, 0.3) is 5.91 Å². The van der Waals surface area contributed by atoms with Crippen LogP contribution in [0.25, 0.3) is 10.9 Å². The topological polar surface area (TPSA) is 54.1 Å². The smallest absolute Gasteiger partial charge is 0.257 e. The SMILES string of the molecule is O=C(COc1ccc(F)cc1)NCC(c1ccc(Br)cc1)c1c[nH]c2ccccc12. The fourth-order valence-corrected chi connectivity index (χ4v) is 3.70. The van der Waals surface area contributed by atoms with Gasteiger partial charge in [-0.25, -0.2) is 4.39 Å². The van der Waals surface area contributed by atoms with Crippen LogP contribution in [0.3, 0.4) is 0 Å². The van der Waals surface area contributed by atoms with Crippen molar-refractivity contribution >= 4 is 32.7 Å². The third kappa shape index (κ3) is 4.71. The first-order valence-electron chi connectivity index (χ1n) is 9.57. The monoisotopic (exact) mass is 466 g/mol. The number of carbonyl (C=O) groups excluding carboxylic acids is 1. The predicted octanol–water partition coefficient (Wildman–Crippen LogP) is 5.40. The second-order valence-electron chi connectivity index (χ2n) is 6.94. The van der Waals surface area contributed by atoms with E-state index < -0.39 is 0 Å². The summed E-state index contributed by atoms with van der Waals surface area (Å²) in [6, 6.07) is 21.8. The van der Waals surface area contributed by atoms with Gasteiger partial charge in [-0.3, -0.25) is 4.79 Å². The average molecular weight is 467 g/mol. The molecule has 0 aliphatic rings. The number of carbonyl (C=O) groups is 1. The maximum absolute atomic E-state index is 13.0. The predicted molar refractivity (Wildman–Crippen MR) is 119 cm³/mol. The number of hydrogen-bond acceptors (Lipinski definition) is 2. The van der Waals surface area contributed by atoms with Crippen molar-refractivity contribution in [2.24, 2.45) is 0 Å². The van der Waals surface area contributed by atoms with Gasteiger partial charge in [0.05, 0.1) is 0 Å². The van der Waals surface area contributed by atoms with Crippen LogP contribution in [0.2, 0.25) is 0 Å². The average Bonchev–Trinajstić information content (AvgIpc) is 3.19. The molecule has 0 fully saturated rings. The first kappa shape index (κ1) is 20.2. The zero-order valence-corrected chi connectivity index (χ0v) is 17.7. The van der Waals surface area contributed by atoms with Crippen LogP contribution < -0.4 is 10.1 Å². The Balaban J connectivity index is 1.49. The van der Waals surface area contributed by atoms with E-state index in [1.165, 1.54) is 24.3 Å². The molecule has 30 heavy (non-hydrogen) atoms. The Kier molecular flexibility index (Phi) is 6.14. The molecule has 2 N–H and O–H groups in total. The molecule has 1 aromatic heterocycles. The third-order valence-electron chi connectivity index (χ3n) is 4.96. The number of aromatic nitrogens is 1. The number of amides is 1. The number of rotatable bonds is 7. The van der Waals surface area contributed by atoms with Crippen LogP contribution >= 0.6 is 15.9 Å². The number of fused-ring (bicyclic) bond motifs is 1. The van der Waals surface area contributed by atoms with E-state index in [0.29, 0.717) is 12.3 Å². The van der Waals surface area contributed by atoms with Crippen molar-refractivity contribution in [2.75, 3.05) is 13.2 Å². The van der Waals surface area contributed by atoms with Gasteiger partial charge in [-0.1, -0.05) is 46.3 Å². The minimum Gasteiger partial charge on any atom is -0.484 e. The first-order valence-corrected chi connectivity index (χ1v) is 10.4. The second-order valence-corrected chi connectivity index (χ2v) is 7.86. The second kappa shape index (κ2) is 9.13. The molecule has 0 aliphatic carbocycles. The summed E-state index contributed by atoms with van der Waals surface area (Å²) in [6.07, 6.45) is 2.00. The van der Waals surface area contributed by atoms with Gasteiger partial charge >= 0.3 is 0 Å². The standard InChI is InChI=1S/C24H20BrFN2O2/c25-17-7-5-16(6-8-17)21(22-14-27-23-4-2-1-3-20(22)23)13-28-24(29)15-30-19-11-9-18(26)10-12-19/h1-12,14,21,27H,13,15H2,(H,28,29). The summed E-state index contributed by atoms with van der Waals surface area (Å²) >= 11 is 3.48. The molecule has 152 valence electrons. The molecule has 0 aliphatic heterocycles. The summed E-state index contributed by atoms with van der Waals surface area (Å²) in [4.78, 5) is 15.7. The molecular weight excluding hydrogens is 447 g/mol. The Morgan fingerprint density at radius 1 is 1.03 bits per heavy atom. The number of halogens is 2. The summed E-state index contributed by atoms with van der Waals surface area (Å²) in [5.74, 6) is -0.152. The van der Waals surface area contributed by atoms with E-state index in [1.807, 2.05) is 36.5 Å². The van der Waals surface area contributed by atoms with Gasteiger partial charge in [-0.2, -0.15) is 0 Å². The number of nitrogens with one attached hydrogen (secondary N) is 2. The molecule has 0 saturated carbocycles. The highest BCUT2D eigenvalue weighted by molar-refractivity contribution is 9.10. The van der Waals surface area contributed by atoms with Crippen LogP contribution in [-0.2, 0) is 4.79 Å². The van der Waals surface area contributed by atoms with Crippen LogP contribution in [0.1, 0.15) is 17.0 Å². The summed E-state index contributed by atoms with van der Waals surface area (Å²) in [5, 5.41) is 4.09. The maximum Gasteiger partial charge on any atom is 0.257 e. The Labute approximate surface area is 182 Å². The number of aromatic amines is 1.